The number of amides is 2. The van der Waals surface area contributed by atoms with E-state index >= 15 is 0 Å². The van der Waals surface area contributed by atoms with E-state index in [0.717, 1.165) is 23.3 Å². The van der Waals surface area contributed by atoms with Gasteiger partial charge in [0.25, 0.3) is 5.69 Å². The number of benzene rings is 2. The predicted octanol–water partition coefficient (Wildman–Crippen LogP) is 4.17. The van der Waals surface area contributed by atoms with E-state index < -0.39 is 11.0 Å². The average Bonchev–Trinajstić information content (AvgIpc) is 2.82. The van der Waals surface area contributed by atoms with Crippen molar-refractivity contribution in [3.8, 4) is 5.75 Å². The molecule has 0 aliphatic rings. The van der Waals surface area contributed by atoms with Crippen LogP contribution in [0.15, 0.2) is 48.5 Å². The fraction of sp³-hybridized carbons (Fsp3) is 0.417. The van der Waals surface area contributed by atoms with Gasteiger partial charge in [0.2, 0.25) is 11.8 Å². The van der Waals surface area contributed by atoms with Crippen LogP contribution < -0.4 is 10.1 Å². The lowest BCUT2D eigenvalue weighted by Gasteiger charge is -2.29. The van der Waals surface area contributed by atoms with Gasteiger partial charge in [-0.2, -0.15) is 0 Å². The topological polar surface area (TPSA) is 102 Å². The van der Waals surface area contributed by atoms with Gasteiger partial charge in [0, 0.05) is 30.5 Å². The second-order valence-electron chi connectivity index (χ2n) is 7.78. The third kappa shape index (κ3) is 8.09. The van der Waals surface area contributed by atoms with Crippen LogP contribution >= 0.6 is 11.8 Å². The van der Waals surface area contributed by atoms with Crippen molar-refractivity contribution in [1.82, 2.24) is 10.2 Å². The quantitative estimate of drug-likeness (QED) is 0.367. The van der Waals surface area contributed by atoms with E-state index in [0.29, 0.717) is 12.3 Å². The van der Waals surface area contributed by atoms with Crippen LogP contribution in [-0.4, -0.2) is 46.6 Å². The van der Waals surface area contributed by atoms with Crippen molar-refractivity contribution in [2.24, 2.45) is 0 Å². The Hall–Kier alpha value is -3.07. The second-order valence-corrected chi connectivity index (χ2v) is 8.77. The third-order valence-electron chi connectivity index (χ3n) is 5.32. The van der Waals surface area contributed by atoms with Gasteiger partial charge in [-0.25, -0.2) is 0 Å². The molecule has 178 valence electrons. The SMILES string of the molecule is CC[C@@H](C)NC(=O)[C@H](C)N(Cc1ccc(OC)cc1)C(=O)CSCc1ccc([N+](=O)[O-])cc1. The van der Waals surface area contributed by atoms with E-state index in [1.165, 1.54) is 23.9 Å². The molecule has 2 amide bonds. The van der Waals surface area contributed by atoms with Crippen LogP contribution in [-0.2, 0) is 21.9 Å². The Morgan fingerprint density at radius 3 is 2.24 bits per heavy atom. The van der Waals surface area contributed by atoms with Crippen molar-refractivity contribution >= 4 is 29.3 Å². The molecular weight excluding hydrogens is 442 g/mol. The highest BCUT2D eigenvalue weighted by atomic mass is 32.2. The number of nitro groups is 1. The summed E-state index contributed by atoms with van der Waals surface area (Å²) in [7, 11) is 1.59. The van der Waals surface area contributed by atoms with Gasteiger partial charge in [-0.1, -0.05) is 31.2 Å². The van der Waals surface area contributed by atoms with Crippen LogP contribution in [0.5, 0.6) is 5.75 Å². The Kier molecular flexibility index (Phi) is 10.2. The number of carbonyl (C=O) groups excluding carboxylic acids is 2. The average molecular weight is 474 g/mol. The molecule has 0 saturated heterocycles. The monoisotopic (exact) mass is 473 g/mol. The number of nitro benzene ring substituents is 1. The maximum absolute atomic E-state index is 13.1. The molecule has 0 aliphatic heterocycles. The van der Waals surface area contributed by atoms with Gasteiger partial charge in [-0.15, -0.1) is 11.8 Å². The fourth-order valence-electron chi connectivity index (χ4n) is 3.03. The molecule has 2 aromatic carbocycles. The Morgan fingerprint density at radius 1 is 1.09 bits per heavy atom. The molecule has 1 N–H and O–H groups in total. The van der Waals surface area contributed by atoms with Gasteiger partial charge >= 0.3 is 0 Å². The molecule has 2 atom stereocenters. The summed E-state index contributed by atoms with van der Waals surface area (Å²) in [4.78, 5) is 37.8. The molecule has 2 aromatic rings. The molecule has 0 radical (unpaired) electrons. The van der Waals surface area contributed by atoms with E-state index in [4.69, 9.17) is 4.74 Å². The highest BCUT2D eigenvalue weighted by Gasteiger charge is 2.26. The van der Waals surface area contributed by atoms with Crippen LogP contribution in [0.4, 0.5) is 5.69 Å². The summed E-state index contributed by atoms with van der Waals surface area (Å²) >= 11 is 1.41. The lowest BCUT2D eigenvalue weighted by molar-refractivity contribution is -0.384. The minimum atomic E-state index is -0.631. The summed E-state index contributed by atoms with van der Waals surface area (Å²) in [6.45, 7) is 5.96. The Bertz CT molecular complexity index is 934. The normalized spacial score (nSPS) is 12.5. The number of ether oxygens (including phenoxy) is 1. The summed E-state index contributed by atoms with van der Waals surface area (Å²) < 4.78 is 5.19. The van der Waals surface area contributed by atoms with E-state index in [1.54, 1.807) is 31.1 Å². The van der Waals surface area contributed by atoms with Gasteiger partial charge < -0.3 is 15.0 Å². The number of carbonyl (C=O) groups is 2. The van der Waals surface area contributed by atoms with Crippen LogP contribution in [0.1, 0.15) is 38.3 Å². The zero-order chi connectivity index (χ0) is 24.4. The number of nitrogens with zero attached hydrogens (tertiary/aromatic N) is 2. The van der Waals surface area contributed by atoms with Crippen LogP contribution in [0.25, 0.3) is 0 Å². The zero-order valence-corrected chi connectivity index (χ0v) is 20.3. The largest absolute Gasteiger partial charge is 0.497 e. The molecule has 0 aliphatic carbocycles. The first-order valence-corrected chi connectivity index (χ1v) is 11.9. The Balaban J connectivity index is 2.07. The van der Waals surface area contributed by atoms with Crippen molar-refractivity contribution in [3.05, 3.63) is 69.8 Å². The third-order valence-corrected chi connectivity index (χ3v) is 6.31. The first kappa shape index (κ1) is 26.2. The molecule has 9 heteroatoms. The van der Waals surface area contributed by atoms with Crippen LogP contribution in [0.2, 0.25) is 0 Å². The standard InChI is InChI=1S/C24H31N3O5S/c1-5-17(2)25-24(29)18(3)26(14-19-8-12-22(32-4)13-9-19)23(28)16-33-15-20-6-10-21(11-7-20)27(30)31/h6-13,17-18H,5,14-16H2,1-4H3,(H,25,29)/t17-,18+/m1/s1. The predicted molar refractivity (Wildman–Crippen MR) is 130 cm³/mol. The van der Waals surface area contributed by atoms with Gasteiger partial charge in [-0.3, -0.25) is 19.7 Å². The van der Waals surface area contributed by atoms with Crippen molar-refractivity contribution in [1.29, 1.82) is 0 Å². The zero-order valence-electron chi connectivity index (χ0n) is 19.4. The lowest BCUT2D eigenvalue weighted by atomic mass is 10.1. The van der Waals surface area contributed by atoms with Crippen molar-refractivity contribution in [2.75, 3.05) is 12.9 Å². The number of non-ortho nitro benzene ring substituents is 1. The lowest BCUT2D eigenvalue weighted by Crippen LogP contribution is -2.50. The van der Waals surface area contributed by atoms with Crippen LogP contribution in [0.3, 0.4) is 0 Å². The molecule has 0 aromatic heterocycles. The molecule has 8 nitrogen and oxygen atoms in total. The molecule has 0 unspecified atom stereocenters. The Labute approximate surface area is 198 Å². The number of nitrogens with one attached hydrogen (secondary N) is 1. The molecule has 0 bridgehead atoms. The smallest absolute Gasteiger partial charge is 0.269 e. The number of rotatable bonds is 12. The minimum absolute atomic E-state index is 0.0226. The minimum Gasteiger partial charge on any atom is -0.497 e. The van der Waals surface area contributed by atoms with Gasteiger partial charge in [0.15, 0.2) is 0 Å². The number of thioether (sulfide) groups is 1. The highest BCUT2D eigenvalue weighted by Crippen LogP contribution is 2.19. The summed E-state index contributed by atoms with van der Waals surface area (Å²) in [5.41, 5.74) is 1.82. The first-order chi connectivity index (χ1) is 15.7. The molecule has 0 spiro atoms. The van der Waals surface area contributed by atoms with Crippen LogP contribution in [0, 0.1) is 10.1 Å². The maximum atomic E-state index is 13.1. The molecule has 0 fully saturated rings. The molecular formula is C24H31N3O5S. The fourth-order valence-corrected chi connectivity index (χ4v) is 3.90. The molecule has 0 heterocycles. The van der Waals surface area contributed by atoms with E-state index in [-0.39, 0.29) is 29.3 Å². The van der Waals surface area contributed by atoms with Gasteiger partial charge in [-0.05, 0) is 43.5 Å². The van der Waals surface area contributed by atoms with E-state index in [9.17, 15) is 19.7 Å². The molecule has 0 saturated carbocycles. The van der Waals surface area contributed by atoms with E-state index in [1.807, 2.05) is 38.1 Å². The van der Waals surface area contributed by atoms with Crippen molar-refractivity contribution in [2.45, 2.75) is 51.6 Å². The highest BCUT2D eigenvalue weighted by molar-refractivity contribution is 7.99. The van der Waals surface area contributed by atoms with Crippen molar-refractivity contribution < 1.29 is 19.2 Å². The summed E-state index contributed by atoms with van der Waals surface area (Å²) in [6.07, 6.45) is 0.802. The first-order valence-electron chi connectivity index (χ1n) is 10.8. The second kappa shape index (κ2) is 12.8. The summed E-state index contributed by atoms with van der Waals surface area (Å²) in [6, 6.07) is 13.1. The van der Waals surface area contributed by atoms with Gasteiger partial charge in [0.1, 0.15) is 11.8 Å². The summed E-state index contributed by atoms with van der Waals surface area (Å²) in [5, 5.41) is 13.7. The number of hydrogen-bond donors (Lipinski definition) is 1. The van der Waals surface area contributed by atoms with E-state index in [2.05, 4.69) is 5.32 Å². The molecule has 33 heavy (non-hydrogen) atoms. The summed E-state index contributed by atoms with van der Waals surface area (Å²) in [5.74, 6) is 1.11. The number of hydrogen-bond acceptors (Lipinski definition) is 6. The molecule has 2 rings (SSSR count). The van der Waals surface area contributed by atoms with Crippen molar-refractivity contribution in [3.63, 3.8) is 0 Å². The maximum Gasteiger partial charge on any atom is 0.269 e. The number of methoxy groups -OCH3 is 1. The Morgan fingerprint density at radius 2 is 1.70 bits per heavy atom. The van der Waals surface area contributed by atoms with Gasteiger partial charge in [0.05, 0.1) is 17.8 Å².